The first-order valence-corrected chi connectivity index (χ1v) is 4.63. The number of rotatable bonds is 4. The van der Waals surface area contributed by atoms with Crippen molar-refractivity contribution in [3.63, 3.8) is 0 Å². The van der Waals surface area contributed by atoms with E-state index in [2.05, 4.69) is 9.98 Å². The van der Waals surface area contributed by atoms with Crippen molar-refractivity contribution in [1.82, 2.24) is 4.98 Å². The van der Waals surface area contributed by atoms with Gasteiger partial charge in [0.15, 0.2) is 0 Å². The first-order valence-electron chi connectivity index (χ1n) is 4.63. The Labute approximate surface area is 89.1 Å². The first kappa shape index (κ1) is 11.2. The maximum atomic E-state index is 7.81. The average molecular weight is 202 g/mol. The van der Waals surface area contributed by atoms with Gasteiger partial charge < -0.3 is 10.8 Å². The van der Waals surface area contributed by atoms with Crippen molar-refractivity contribution in [3.05, 3.63) is 30.1 Å². The summed E-state index contributed by atoms with van der Waals surface area (Å²) >= 11 is 0. The normalized spacial score (nSPS) is 12.7. The van der Waals surface area contributed by atoms with Crippen LogP contribution >= 0.6 is 0 Å². The Kier molecular flexibility index (Phi) is 3.85. The van der Waals surface area contributed by atoms with E-state index in [1.165, 1.54) is 0 Å². The molecule has 1 rings (SSSR count). The van der Waals surface area contributed by atoms with E-state index in [-0.39, 0.29) is 17.3 Å². The molecule has 1 heterocycles. The molecule has 0 spiro atoms. The van der Waals surface area contributed by atoms with Gasteiger partial charge in [0.05, 0.1) is 17.3 Å². The smallest absolute Gasteiger partial charge is 0.0646 e. The molecule has 1 atom stereocenters. The third-order valence-electron chi connectivity index (χ3n) is 2.08. The summed E-state index contributed by atoms with van der Waals surface area (Å²) < 4.78 is 0. The number of aromatic nitrogens is 1. The zero-order valence-corrected chi connectivity index (χ0v) is 8.86. The van der Waals surface area contributed by atoms with Crippen LogP contribution in [0.2, 0.25) is 0 Å². The van der Waals surface area contributed by atoms with Crippen molar-refractivity contribution >= 4 is 17.6 Å². The van der Waals surface area contributed by atoms with Gasteiger partial charge in [-0.1, -0.05) is 0 Å². The summed E-state index contributed by atoms with van der Waals surface area (Å²) in [6, 6.07) is 3.67. The summed E-state index contributed by atoms with van der Waals surface area (Å²) in [7, 11) is 1.67. The summed E-state index contributed by atoms with van der Waals surface area (Å²) in [5, 5.41) is 15.3. The van der Waals surface area contributed by atoms with Crippen molar-refractivity contribution < 1.29 is 0 Å². The standard InChI is InChI=1S/C11H14N4/c1-8(12)11(13)10(7-14-2)9-3-5-15-6-4-9/h3-7,10,12-13H,1-2H3. The largest absolute Gasteiger partial charge is 0.304 e. The van der Waals surface area contributed by atoms with Crippen LogP contribution in [0, 0.1) is 10.8 Å². The number of hydrogen-bond acceptors (Lipinski definition) is 4. The number of hydrogen-bond donors (Lipinski definition) is 2. The van der Waals surface area contributed by atoms with Gasteiger partial charge in [-0.2, -0.15) is 0 Å². The van der Waals surface area contributed by atoms with Gasteiger partial charge in [-0.3, -0.25) is 9.98 Å². The van der Waals surface area contributed by atoms with Crippen LogP contribution in [0.15, 0.2) is 29.5 Å². The van der Waals surface area contributed by atoms with E-state index >= 15 is 0 Å². The van der Waals surface area contributed by atoms with Crippen LogP contribution in [0.1, 0.15) is 18.4 Å². The van der Waals surface area contributed by atoms with Crippen molar-refractivity contribution in [1.29, 1.82) is 10.8 Å². The zero-order valence-electron chi connectivity index (χ0n) is 8.86. The SMILES string of the molecule is CN=CC(C(=N)C(C)=N)c1ccncc1. The van der Waals surface area contributed by atoms with Gasteiger partial charge in [0.1, 0.15) is 0 Å². The minimum absolute atomic E-state index is 0.240. The van der Waals surface area contributed by atoms with Crippen LogP contribution in [-0.2, 0) is 0 Å². The molecule has 0 fully saturated rings. The molecule has 4 nitrogen and oxygen atoms in total. The lowest BCUT2D eigenvalue weighted by molar-refractivity contribution is 1.16. The Balaban J connectivity index is 3.04. The average Bonchev–Trinajstić information content (AvgIpc) is 2.26. The van der Waals surface area contributed by atoms with E-state index in [1.807, 2.05) is 12.1 Å². The lowest BCUT2D eigenvalue weighted by Gasteiger charge is -2.12. The highest BCUT2D eigenvalue weighted by Crippen LogP contribution is 2.14. The Bertz CT molecular complexity index is 381. The second-order valence-electron chi connectivity index (χ2n) is 3.20. The zero-order chi connectivity index (χ0) is 11.3. The highest BCUT2D eigenvalue weighted by atomic mass is 14.7. The Morgan fingerprint density at radius 3 is 2.47 bits per heavy atom. The molecule has 1 unspecified atom stereocenters. The van der Waals surface area contributed by atoms with E-state index in [0.717, 1.165) is 5.56 Å². The molecule has 0 radical (unpaired) electrons. The van der Waals surface area contributed by atoms with Gasteiger partial charge in [0, 0.05) is 25.7 Å². The Hall–Kier alpha value is -1.84. The van der Waals surface area contributed by atoms with Gasteiger partial charge in [0.2, 0.25) is 0 Å². The fraction of sp³-hybridized carbons (Fsp3) is 0.273. The molecule has 4 heteroatoms. The van der Waals surface area contributed by atoms with E-state index in [4.69, 9.17) is 10.8 Å². The van der Waals surface area contributed by atoms with Crippen LogP contribution in [0.5, 0.6) is 0 Å². The summed E-state index contributed by atoms with van der Waals surface area (Å²) in [5.41, 5.74) is 1.47. The number of pyridine rings is 1. The first-order chi connectivity index (χ1) is 7.16. The van der Waals surface area contributed by atoms with Crippen LogP contribution in [0.25, 0.3) is 0 Å². The van der Waals surface area contributed by atoms with Gasteiger partial charge in [0.25, 0.3) is 0 Å². The number of aliphatic imine (C=N–C) groups is 1. The maximum absolute atomic E-state index is 7.81. The Morgan fingerprint density at radius 2 is 2.00 bits per heavy atom. The monoisotopic (exact) mass is 202 g/mol. The molecular weight excluding hydrogens is 188 g/mol. The lowest BCUT2D eigenvalue weighted by Crippen LogP contribution is -2.19. The molecule has 0 amide bonds. The molecular formula is C11H14N4. The second-order valence-corrected chi connectivity index (χ2v) is 3.20. The highest BCUT2D eigenvalue weighted by molar-refractivity contribution is 6.43. The van der Waals surface area contributed by atoms with Gasteiger partial charge in [-0.15, -0.1) is 0 Å². The molecule has 1 aromatic heterocycles. The molecule has 0 saturated heterocycles. The molecule has 1 aromatic rings. The molecule has 0 aliphatic rings. The van der Waals surface area contributed by atoms with Crippen molar-refractivity contribution in [2.24, 2.45) is 4.99 Å². The van der Waals surface area contributed by atoms with E-state index in [0.29, 0.717) is 0 Å². The van der Waals surface area contributed by atoms with E-state index in [9.17, 15) is 0 Å². The van der Waals surface area contributed by atoms with Crippen molar-refractivity contribution in [2.45, 2.75) is 12.8 Å². The summed E-state index contributed by atoms with van der Waals surface area (Å²) in [6.07, 6.45) is 5.03. The topological polar surface area (TPSA) is 73.0 Å². The van der Waals surface area contributed by atoms with Gasteiger partial charge >= 0.3 is 0 Å². The number of nitrogens with zero attached hydrogens (tertiary/aromatic N) is 2. The third-order valence-corrected chi connectivity index (χ3v) is 2.08. The fourth-order valence-corrected chi connectivity index (χ4v) is 1.28. The second kappa shape index (κ2) is 5.14. The Morgan fingerprint density at radius 1 is 1.40 bits per heavy atom. The summed E-state index contributed by atoms with van der Waals surface area (Å²) in [5.74, 6) is -0.240. The molecule has 0 aliphatic carbocycles. The van der Waals surface area contributed by atoms with Crippen LogP contribution in [-0.4, -0.2) is 29.7 Å². The van der Waals surface area contributed by atoms with Crippen molar-refractivity contribution in [3.8, 4) is 0 Å². The predicted octanol–water partition coefficient (Wildman–Crippen LogP) is 1.93. The van der Waals surface area contributed by atoms with Crippen LogP contribution in [0.4, 0.5) is 0 Å². The van der Waals surface area contributed by atoms with Crippen LogP contribution in [0.3, 0.4) is 0 Å². The lowest BCUT2D eigenvalue weighted by atomic mass is 9.94. The maximum Gasteiger partial charge on any atom is 0.0646 e. The van der Waals surface area contributed by atoms with E-state index < -0.39 is 0 Å². The fourth-order valence-electron chi connectivity index (χ4n) is 1.28. The van der Waals surface area contributed by atoms with E-state index in [1.54, 1.807) is 32.6 Å². The minimum Gasteiger partial charge on any atom is -0.304 e. The summed E-state index contributed by atoms with van der Waals surface area (Å²) in [6.45, 7) is 1.61. The molecule has 0 saturated carbocycles. The molecule has 0 aliphatic heterocycles. The molecule has 78 valence electrons. The van der Waals surface area contributed by atoms with Crippen LogP contribution < -0.4 is 0 Å². The van der Waals surface area contributed by atoms with Gasteiger partial charge in [-0.25, -0.2) is 0 Å². The molecule has 0 aromatic carbocycles. The van der Waals surface area contributed by atoms with Gasteiger partial charge in [-0.05, 0) is 24.6 Å². The molecule has 2 N–H and O–H groups in total. The summed E-state index contributed by atoms with van der Waals surface area (Å²) in [4.78, 5) is 7.86. The quantitative estimate of drug-likeness (QED) is 0.719. The van der Waals surface area contributed by atoms with Crippen molar-refractivity contribution in [2.75, 3.05) is 7.05 Å². The minimum atomic E-state index is -0.240. The molecule has 0 bridgehead atoms. The predicted molar refractivity (Wildman–Crippen MR) is 62.5 cm³/mol. The highest BCUT2D eigenvalue weighted by Gasteiger charge is 2.15. The number of nitrogens with one attached hydrogen (secondary N) is 2. The molecule has 15 heavy (non-hydrogen) atoms. The third kappa shape index (κ3) is 2.80.